The topological polar surface area (TPSA) is 40.2 Å². The fraction of sp³-hybridized carbons (Fsp3) is 0.800. The van der Waals surface area contributed by atoms with Gasteiger partial charge in [-0.2, -0.15) is 0 Å². The van der Waals surface area contributed by atoms with Gasteiger partial charge in [0, 0.05) is 18.3 Å². The Morgan fingerprint density at radius 1 is 0.889 bits per heavy atom. The van der Waals surface area contributed by atoms with E-state index in [0.29, 0.717) is 33.7 Å². The largest absolute Gasteiger partial charge is 0.497 e. The third-order valence-corrected chi connectivity index (χ3v) is 16.4. The summed E-state index contributed by atoms with van der Waals surface area (Å²) in [5, 5.41) is 5.20. The predicted molar refractivity (Wildman–Crippen MR) is 178 cm³/mol. The average molecular weight is 615 g/mol. The molecule has 246 valence electrons. The molecule has 8 rings (SSSR count). The van der Waals surface area contributed by atoms with Crippen molar-refractivity contribution in [3.8, 4) is 5.75 Å². The number of nitrogens with zero attached hydrogens (tertiary/aromatic N) is 3. The van der Waals surface area contributed by atoms with E-state index in [1.807, 2.05) is 0 Å². The van der Waals surface area contributed by atoms with Gasteiger partial charge in [-0.1, -0.05) is 60.6 Å². The summed E-state index contributed by atoms with van der Waals surface area (Å²) in [4.78, 5) is 0. The summed E-state index contributed by atoms with van der Waals surface area (Å²) >= 11 is 0. The van der Waals surface area contributed by atoms with Crippen molar-refractivity contribution in [2.24, 2.45) is 57.8 Å². The van der Waals surface area contributed by atoms with Gasteiger partial charge >= 0.3 is 0 Å². The lowest BCUT2D eigenvalue weighted by atomic mass is 9.31. The Morgan fingerprint density at radius 2 is 1.62 bits per heavy atom. The van der Waals surface area contributed by atoms with E-state index in [1.54, 1.807) is 7.11 Å². The van der Waals surface area contributed by atoms with Gasteiger partial charge < -0.3 is 9.47 Å². The normalized spacial score (nSPS) is 43.8. The summed E-state index contributed by atoms with van der Waals surface area (Å²) in [5.74, 6) is 3.92. The van der Waals surface area contributed by atoms with Crippen LogP contribution in [-0.2, 0) is 36.6 Å². The number of aromatic nitrogens is 3. The van der Waals surface area contributed by atoms with E-state index >= 15 is 0 Å². The molecule has 1 saturated heterocycles. The minimum absolute atomic E-state index is 0.0898. The second-order valence-corrected chi connectivity index (χ2v) is 18.8. The molecule has 2 aromatic rings. The van der Waals surface area contributed by atoms with Crippen molar-refractivity contribution in [2.75, 3.05) is 13.7 Å². The van der Waals surface area contributed by atoms with E-state index in [2.05, 4.69) is 89.1 Å². The molecule has 4 saturated carbocycles. The number of fused-ring (bicyclic) bond motifs is 6. The third kappa shape index (κ3) is 3.88. The van der Waals surface area contributed by atoms with Gasteiger partial charge in [0.15, 0.2) is 11.4 Å². The van der Waals surface area contributed by atoms with Crippen LogP contribution in [0.2, 0.25) is 0 Å². The van der Waals surface area contributed by atoms with E-state index in [1.165, 1.54) is 74.7 Å². The monoisotopic (exact) mass is 614 g/mol. The number of benzene rings is 1. The first kappa shape index (κ1) is 30.5. The Bertz CT molecular complexity index is 1490. The summed E-state index contributed by atoms with van der Waals surface area (Å²) in [6.45, 7) is 20.4. The van der Waals surface area contributed by atoms with Crippen LogP contribution in [0.4, 0.5) is 0 Å². The first-order valence-corrected chi connectivity index (χ1v) is 18.4. The Hall–Kier alpha value is -1.88. The predicted octanol–water partition coefficient (Wildman–Crippen LogP) is 7.86. The Balaban J connectivity index is 1.12. The average Bonchev–Trinajstić information content (AvgIpc) is 3.50. The zero-order valence-corrected chi connectivity index (χ0v) is 29.8. The van der Waals surface area contributed by atoms with Gasteiger partial charge in [-0.3, -0.25) is 0 Å². The molecule has 0 radical (unpaired) electrons. The highest BCUT2D eigenvalue weighted by atomic mass is 16.5. The van der Waals surface area contributed by atoms with E-state index in [0.717, 1.165) is 43.1 Å². The van der Waals surface area contributed by atoms with Crippen molar-refractivity contribution in [2.45, 2.75) is 131 Å². The highest BCUT2D eigenvalue weighted by Crippen LogP contribution is 2.77. The number of rotatable bonds is 4. The second kappa shape index (κ2) is 9.60. The minimum atomic E-state index is 0.0898. The summed E-state index contributed by atoms with van der Waals surface area (Å²) in [7, 11) is 3.95. The molecule has 1 aromatic carbocycles. The lowest BCUT2D eigenvalue weighted by Gasteiger charge is -2.72. The molecule has 0 amide bonds. The van der Waals surface area contributed by atoms with Crippen molar-refractivity contribution in [1.29, 1.82) is 0 Å². The first-order valence-electron chi connectivity index (χ1n) is 18.4. The van der Waals surface area contributed by atoms with Crippen LogP contribution in [0, 0.1) is 50.7 Å². The van der Waals surface area contributed by atoms with E-state index < -0.39 is 0 Å². The molecule has 5 fully saturated rings. The molecule has 2 heterocycles. The molecular weight excluding hydrogens is 554 g/mol. The van der Waals surface area contributed by atoms with Crippen molar-refractivity contribution in [3.63, 3.8) is 0 Å². The summed E-state index contributed by atoms with van der Waals surface area (Å²) < 4.78 is 16.9. The van der Waals surface area contributed by atoms with Crippen LogP contribution in [0.3, 0.4) is 0 Å². The molecule has 2 bridgehead atoms. The zero-order chi connectivity index (χ0) is 31.8. The quantitative estimate of drug-likeness (QED) is 0.329. The molecule has 1 aromatic heterocycles. The standard InChI is InChI=1S/C40H60N3O2/c1-35(2)19-21-40-22-20-38(6)28(32(40)34(35)45-25-40)14-15-31-37(5)24-29-33(36(3,4)30(37)16-18-39(31,38)7)43(41-42(29)8)23-17-26-10-12-27(44-9)13-11-26/h10-13,28,30-32,34H,14-25H2,1-9H3/q+1/t28-,30+,31-,32+,34-,37+,38-,39-,40-/m1/s1. The smallest absolute Gasteiger partial charge is 0.176 e. The maximum Gasteiger partial charge on any atom is 0.176 e. The second-order valence-electron chi connectivity index (χ2n) is 18.8. The SMILES string of the molecule is COc1ccc(CC[n+]2nn(C)c3c2C(C)(C)[C@@H]2CC[C@]4(C)[C@H](CC[C@@H]5[C@H]6[C@H]7OC[C@@]6(CCC7(C)C)CC[C@]54C)[C@@]2(C)C3)cc1. The Kier molecular flexibility index (Phi) is 6.50. The Morgan fingerprint density at radius 3 is 2.36 bits per heavy atom. The molecule has 0 spiro atoms. The van der Waals surface area contributed by atoms with Crippen LogP contribution in [0.25, 0.3) is 0 Å². The highest BCUT2D eigenvalue weighted by Gasteiger charge is 2.73. The van der Waals surface area contributed by atoms with Crippen LogP contribution in [0.5, 0.6) is 5.75 Å². The molecule has 45 heavy (non-hydrogen) atoms. The van der Waals surface area contributed by atoms with Gasteiger partial charge in [0.1, 0.15) is 19.3 Å². The molecule has 5 heteroatoms. The number of hydrogen-bond acceptors (Lipinski definition) is 3. The van der Waals surface area contributed by atoms with Crippen LogP contribution >= 0.6 is 0 Å². The summed E-state index contributed by atoms with van der Waals surface area (Å²) in [6.07, 6.45) is 13.7. The minimum Gasteiger partial charge on any atom is -0.497 e. The molecule has 1 aliphatic heterocycles. The van der Waals surface area contributed by atoms with Crippen LogP contribution in [-0.4, -0.2) is 29.7 Å². The number of hydrogen-bond donors (Lipinski definition) is 0. The van der Waals surface area contributed by atoms with Gasteiger partial charge in [-0.05, 0) is 120 Å². The fourth-order valence-corrected chi connectivity index (χ4v) is 13.9. The molecule has 0 N–H and O–H groups in total. The highest BCUT2D eigenvalue weighted by molar-refractivity contribution is 5.30. The van der Waals surface area contributed by atoms with Gasteiger partial charge in [0.25, 0.3) is 0 Å². The summed E-state index contributed by atoms with van der Waals surface area (Å²) in [5.41, 5.74) is 6.26. The molecule has 5 nitrogen and oxygen atoms in total. The zero-order valence-electron chi connectivity index (χ0n) is 29.8. The van der Waals surface area contributed by atoms with E-state index in [-0.39, 0.29) is 10.8 Å². The lowest BCUT2D eigenvalue weighted by Crippen LogP contribution is -2.68. The van der Waals surface area contributed by atoms with Gasteiger partial charge in [-0.15, -0.1) is 9.36 Å². The lowest BCUT2D eigenvalue weighted by molar-refractivity contribution is -0.764. The number of ether oxygens (including phenoxy) is 2. The first-order chi connectivity index (χ1) is 21.2. The molecule has 0 unspecified atom stereocenters. The third-order valence-electron chi connectivity index (χ3n) is 16.4. The van der Waals surface area contributed by atoms with Crippen molar-refractivity contribution < 1.29 is 14.2 Å². The van der Waals surface area contributed by atoms with Crippen molar-refractivity contribution >= 4 is 0 Å². The molecule has 6 aliphatic rings. The molecular formula is C40H60N3O2+. The fourth-order valence-electron chi connectivity index (χ4n) is 13.9. The van der Waals surface area contributed by atoms with Gasteiger partial charge in [0.2, 0.25) is 0 Å². The van der Waals surface area contributed by atoms with E-state index in [9.17, 15) is 0 Å². The van der Waals surface area contributed by atoms with Crippen LogP contribution in [0.15, 0.2) is 24.3 Å². The van der Waals surface area contributed by atoms with E-state index in [4.69, 9.17) is 14.7 Å². The van der Waals surface area contributed by atoms with Crippen molar-refractivity contribution in [1.82, 2.24) is 9.90 Å². The maximum absolute atomic E-state index is 6.82. The summed E-state index contributed by atoms with van der Waals surface area (Å²) in [6, 6.07) is 8.57. The van der Waals surface area contributed by atoms with Gasteiger partial charge in [-0.25, -0.2) is 0 Å². The van der Waals surface area contributed by atoms with Crippen LogP contribution in [0.1, 0.15) is 117 Å². The maximum atomic E-state index is 6.82. The Labute approximate surface area is 272 Å². The van der Waals surface area contributed by atoms with Crippen molar-refractivity contribution in [3.05, 3.63) is 41.2 Å². The van der Waals surface area contributed by atoms with Crippen LogP contribution < -0.4 is 9.42 Å². The number of aryl methyl sites for hydroxylation is 3. The molecule has 5 aliphatic carbocycles. The van der Waals surface area contributed by atoms with Gasteiger partial charge in [0.05, 0.1) is 25.0 Å². The number of methoxy groups -OCH3 is 1. The molecule has 9 atom stereocenters.